The van der Waals surface area contributed by atoms with E-state index in [0.717, 1.165) is 19.3 Å². The van der Waals surface area contributed by atoms with Gasteiger partial charge in [-0.05, 0) is 62.3 Å². The van der Waals surface area contributed by atoms with Crippen LogP contribution in [-0.2, 0) is 12.8 Å². The minimum Gasteiger partial charge on any atom is -0.327 e. The summed E-state index contributed by atoms with van der Waals surface area (Å²) in [5, 5.41) is 0. The van der Waals surface area contributed by atoms with Crippen LogP contribution in [0, 0.1) is 13.8 Å². The molecule has 0 spiro atoms. The van der Waals surface area contributed by atoms with Gasteiger partial charge in [0.05, 0.1) is 0 Å². The normalized spacial score (nSPS) is 19.1. The SMILES string of the molecule is Cc1ccc(C)c(CC(N)C2CCCc3cccnc32)c1. The number of nitrogens with zero attached hydrogens (tertiary/aromatic N) is 1. The van der Waals surface area contributed by atoms with Crippen LogP contribution in [0.2, 0.25) is 0 Å². The summed E-state index contributed by atoms with van der Waals surface area (Å²) in [6.45, 7) is 4.32. The van der Waals surface area contributed by atoms with Gasteiger partial charge in [-0.2, -0.15) is 0 Å². The summed E-state index contributed by atoms with van der Waals surface area (Å²) in [6.07, 6.45) is 6.38. The second kappa shape index (κ2) is 5.98. The van der Waals surface area contributed by atoms with Gasteiger partial charge in [-0.15, -0.1) is 0 Å². The van der Waals surface area contributed by atoms with Crippen molar-refractivity contribution in [3.05, 3.63) is 64.5 Å². The summed E-state index contributed by atoms with van der Waals surface area (Å²) in [5.41, 5.74) is 13.2. The van der Waals surface area contributed by atoms with Gasteiger partial charge >= 0.3 is 0 Å². The highest BCUT2D eigenvalue weighted by atomic mass is 14.7. The zero-order valence-corrected chi connectivity index (χ0v) is 13.0. The van der Waals surface area contributed by atoms with E-state index in [9.17, 15) is 0 Å². The van der Waals surface area contributed by atoms with Gasteiger partial charge in [0.15, 0.2) is 0 Å². The Morgan fingerprint density at radius 3 is 3.00 bits per heavy atom. The number of aromatic nitrogens is 1. The summed E-state index contributed by atoms with van der Waals surface area (Å²) >= 11 is 0. The number of fused-ring (bicyclic) bond motifs is 1. The van der Waals surface area contributed by atoms with E-state index in [1.54, 1.807) is 0 Å². The monoisotopic (exact) mass is 280 g/mol. The first kappa shape index (κ1) is 14.3. The number of rotatable bonds is 3. The van der Waals surface area contributed by atoms with E-state index in [4.69, 9.17) is 5.73 Å². The predicted molar refractivity (Wildman–Crippen MR) is 87.5 cm³/mol. The van der Waals surface area contributed by atoms with Crippen LogP contribution in [0.1, 0.15) is 46.7 Å². The molecule has 2 heteroatoms. The van der Waals surface area contributed by atoms with Crippen molar-refractivity contribution in [1.82, 2.24) is 4.98 Å². The van der Waals surface area contributed by atoms with Crippen LogP contribution in [0.5, 0.6) is 0 Å². The largest absolute Gasteiger partial charge is 0.327 e. The van der Waals surface area contributed by atoms with Crippen molar-refractivity contribution in [2.45, 2.75) is 51.5 Å². The molecule has 0 aliphatic heterocycles. The van der Waals surface area contributed by atoms with Gasteiger partial charge < -0.3 is 5.73 Å². The third-order valence-corrected chi connectivity index (χ3v) is 4.72. The molecule has 0 fully saturated rings. The minimum atomic E-state index is 0.152. The molecule has 3 rings (SSSR count). The van der Waals surface area contributed by atoms with Gasteiger partial charge in [0.2, 0.25) is 0 Å². The molecule has 2 N–H and O–H groups in total. The molecule has 0 radical (unpaired) electrons. The molecule has 0 bridgehead atoms. The van der Waals surface area contributed by atoms with Crippen LogP contribution in [-0.4, -0.2) is 11.0 Å². The molecule has 1 aliphatic rings. The fraction of sp³-hybridized carbons (Fsp3) is 0.421. The minimum absolute atomic E-state index is 0.152. The van der Waals surface area contributed by atoms with Crippen LogP contribution in [0.4, 0.5) is 0 Å². The third-order valence-electron chi connectivity index (χ3n) is 4.72. The molecular formula is C19H24N2. The Morgan fingerprint density at radius 1 is 1.29 bits per heavy atom. The van der Waals surface area contributed by atoms with Crippen LogP contribution in [0.3, 0.4) is 0 Å². The van der Waals surface area contributed by atoms with Crippen molar-refractivity contribution in [2.24, 2.45) is 5.73 Å². The first-order chi connectivity index (χ1) is 10.1. The topological polar surface area (TPSA) is 38.9 Å². The van der Waals surface area contributed by atoms with Crippen molar-refractivity contribution in [1.29, 1.82) is 0 Å². The Labute approximate surface area is 127 Å². The highest BCUT2D eigenvalue weighted by molar-refractivity contribution is 5.33. The Kier molecular flexibility index (Phi) is 4.07. The molecule has 1 aromatic heterocycles. The Morgan fingerprint density at radius 2 is 2.14 bits per heavy atom. The maximum absolute atomic E-state index is 6.57. The zero-order valence-electron chi connectivity index (χ0n) is 13.0. The lowest BCUT2D eigenvalue weighted by Gasteiger charge is -2.29. The van der Waals surface area contributed by atoms with E-state index in [2.05, 4.69) is 43.1 Å². The first-order valence-corrected chi connectivity index (χ1v) is 7.90. The van der Waals surface area contributed by atoms with E-state index in [-0.39, 0.29) is 6.04 Å². The predicted octanol–water partition coefficient (Wildman–Crippen LogP) is 3.69. The molecule has 0 amide bonds. The smallest absolute Gasteiger partial charge is 0.0482 e. The van der Waals surface area contributed by atoms with Gasteiger partial charge in [0.1, 0.15) is 0 Å². The van der Waals surface area contributed by atoms with E-state index >= 15 is 0 Å². The third kappa shape index (κ3) is 3.01. The standard InChI is InChI=1S/C19H24N2/c1-13-8-9-14(2)16(11-13)12-18(20)17-7-3-5-15-6-4-10-21-19(15)17/h4,6,8-11,17-18H,3,5,7,12,20H2,1-2H3. The van der Waals surface area contributed by atoms with Crippen molar-refractivity contribution in [2.75, 3.05) is 0 Å². The second-order valence-electron chi connectivity index (χ2n) is 6.34. The Balaban J connectivity index is 1.83. The zero-order chi connectivity index (χ0) is 14.8. The molecule has 21 heavy (non-hydrogen) atoms. The Hall–Kier alpha value is -1.67. The van der Waals surface area contributed by atoms with Gasteiger partial charge in [0, 0.05) is 23.9 Å². The maximum atomic E-state index is 6.57. The fourth-order valence-corrected chi connectivity index (χ4v) is 3.48. The van der Waals surface area contributed by atoms with Crippen LogP contribution in [0.25, 0.3) is 0 Å². The van der Waals surface area contributed by atoms with Crippen molar-refractivity contribution >= 4 is 0 Å². The molecule has 2 aromatic rings. The maximum Gasteiger partial charge on any atom is 0.0482 e. The van der Waals surface area contributed by atoms with Gasteiger partial charge in [-0.3, -0.25) is 4.98 Å². The average Bonchev–Trinajstić information content (AvgIpc) is 2.50. The Bertz CT molecular complexity index is 633. The van der Waals surface area contributed by atoms with Crippen LogP contribution >= 0.6 is 0 Å². The summed E-state index contributed by atoms with van der Waals surface area (Å²) in [4.78, 5) is 4.62. The number of hydrogen-bond donors (Lipinski definition) is 1. The molecule has 0 saturated heterocycles. The van der Waals surface area contributed by atoms with E-state index < -0.39 is 0 Å². The number of nitrogens with two attached hydrogens (primary N) is 1. The van der Waals surface area contributed by atoms with E-state index in [1.807, 2.05) is 12.3 Å². The van der Waals surface area contributed by atoms with Crippen molar-refractivity contribution in [3.8, 4) is 0 Å². The van der Waals surface area contributed by atoms with Gasteiger partial charge in [-0.1, -0.05) is 29.8 Å². The highest BCUT2D eigenvalue weighted by Crippen LogP contribution is 2.33. The van der Waals surface area contributed by atoms with E-state index in [0.29, 0.717) is 5.92 Å². The number of aryl methyl sites for hydroxylation is 3. The molecular weight excluding hydrogens is 256 g/mol. The van der Waals surface area contributed by atoms with Crippen molar-refractivity contribution < 1.29 is 0 Å². The number of pyridine rings is 1. The van der Waals surface area contributed by atoms with Crippen LogP contribution < -0.4 is 5.73 Å². The lowest BCUT2D eigenvalue weighted by atomic mass is 9.80. The number of hydrogen-bond acceptors (Lipinski definition) is 2. The van der Waals surface area contributed by atoms with Gasteiger partial charge in [0.25, 0.3) is 0 Å². The molecule has 2 unspecified atom stereocenters. The molecule has 1 heterocycles. The summed E-state index contributed by atoms with van der Waals surface area (Å²) in [7, 11) is 0. The highest BCUT2D eigenvalue weighted by Gasteiger charge is 2.27. The molecule has 110 valence electrons. The van der Waals surface area contributed by atoms with Gasteiger partial charge in [-0.25, -0.2) is 0 Å². The molecule has 1 aromatic carbocycles. The first-order valence-electron chi connectivity index (χ1n) is 7.90. The quantitative estimate of drug-likeness (QED) is 0.931. The molecule has 2 atom stereocenters. The number of benzene rings is 1. The summed E-state index contributed by atoms with van der Waals surface area (Å²) < 4.78 is 0. The van der Waals surface area contributed by atoms with Crippen molar-refractivity contribution in [3.63, 3.8) is 0 Å². The van der Waals surface area contributed by atoms with Crippen LogP contribution in [0.15, 0.2) is 36.5 Å². The lowest BCUT2D eigenvalue weighted by Crippen LogP contribution is -2.33. The molecule has 2 nitrogen and oxygen atoms in total. The van der Waals surface area contributed by atoms with E-state index in [1.165, 1.54) is 34.4 Å². The summed E-state index contributed by atoms with van der Waals surface area (Å²) in [6, 6.07) is 11.0. The lowest BCUT2D eigenvalue weighted by molar-refractivity contribution is 0.449. The fourth-order valence-electron chi connectivity index (χ4n) is 3.48. The summed E-state index contributed by atoms with van der Waals surface area (Å²) in [5.74, 6) is 0.398. The molecule has 0 saturated carbocycles. The second-order valence-corrected chi connectivity index (χ2v) is 6.34. The average molecular weight is 280 g/mol. The molecule has 1 aliphatic carbocycles.